The first-order valence-electron chi connectivity index (χ1n) is 28.2. The Balaban J connectivity index is 2.03. The number of hydrogen-bond acceptors (Lipinski definition) is 15. The molecule has 0 aliphatic rings. The minimum absolute atomic E-state index is 0.0513. The summed E-state index contributed by atoms with van der Waals surface area (Å²) in [6, 6.07) is 4.24. The fourth-order valence-electron chi connectivity index (χ4n) is 7.98. The number of unbranched alkanes of at least 4 members (excludes halogenated alkanes) is 14. The molecule has 80 heavy (non-hydrogen) atoms. The van der Waals surface area contributed by atoms with Crippen LogP contribution >= 0.6 is 0 Å². The molecule has 13 N–H and O–H groups in total. The maximum Gasteiger partial charge on any atom is 0.326 e. The van der Waals surface area contributed by atoms with Gasteiger partial charge in [-0.05, 0) is 50.5 Å². The number of amides is 7. The highest BCUT2D eigenvalue weighted by molar-refractivity contribution is 5.93. The number of nitrogens with one attached hydrogen (secondary N) is 6. The van der Waals surface area contributed by atoms with Gasteiger partial charge in [-0.2, -0.15) is 0 Å². The molecule has 0 saturated heterocycles. The number of hydrogen-bond donors (Lipinski definition) is 11. The SMILES string of the molecule is NC(=O)[C@H](Cc1ccccc1)NC(=O)C(CCC(=O)O)NC(=O)[C@@H](N)CCCCNC(=O)COCCOCCNC(=O)COCCOCCNC(=O)CC[C@H](NC(=O)CCCCCCCCCCCCCCCCC(=O)O)C(=O)O. The van der Waals surface area contributed by atoms with Crippen molar-refractivity contribution in [3.05, 3.63) is 35.9 Å². The molecule has 0 heterocycles. The number of benzene rings is 1. The molecule has 0 aromatic heterocycles. The number of carboxylic acids is 3. The molecule has 1 aromatic carbocycles. The molecule has 0 aliphatic carbocycles. The van der Waals surface area contributed by atoms with Crippen LogP contribution in [0.5, 0.6) is 0 Å². The van der Waals surface area contributed by atoms with E-state index in [0.717, 1.165) is 56.9 Å². The Morgan fingerprint density at radius 1 is 0.425 bits per heavy atom. The van der Waals surface area contributed by atoms with E-state index in [1.54, 1.807) is 30.3 Å². The molecule has 1 unspecified atom stereocenters. The van der Waals surface area contributed by atoms with Crippen LogP contribution in [-0.2, 0) is 73.3 Å². The van der Waals surface area contributed by atoms with E-state index < -0.39 is 66.2 Å². The van der Waals surface area contributed by atoms with E-state index in [-0.39, 0.29) is 141 Å². The van der Waals surface area contributed by atoms with Crippen LogP contribution in [0.15, 0.2) is 30.3 Å². The first kappa shape index (κ1) is 71.7. The summed E-state index contributed by atoms with van der Waals surface area (Å²) >= 11 is 0. The molecule has 0 fully saturated rings. The fraction of sp³-hybridized carbons (Fsp3) is 0.709. The van der Waals surface area contributed by atoms with Gasteiger partial charge in [0.15, 0.2) is 0 Å². The Morgan fingerprint density at radius 3 is 1.40 bits per heavy atom. The number of carbonyl (C=O) groups is 10. The van der Waals surface area contributed by atoms with E-state index in [9.17, 15) is 58.2 Å². The van der Waals surface area contributed by atoms with Crippen LogP contribution < -0.4 is 43.4 Å². The van der Waals surface area contributed by atoms with Crippen LogP contribution in [0.1, 0.15) is 153 Å². The molecule has 0 spiro atoms. The van der Waals surface area contributed by atoms with Gasteiger partial charge in [-0.3, -0.25) is 43.2 Å². The molecule has 1 aromatic rings. The van der Waals surface area contributed by atoms with Gasteiger partial charge in [0.25, 0.3) is 0 Å². The monoisotopic (exact) mass is 1140 g/mol. The number of rotatable bonds is 53. The van der Waals surface area contributed by atoms with Crippen LogP contribution in [0.2, 0.25) is 0 Å². The van der Waals surface area contributed by atoms with E-state index >= 15 is 0 Å². The molecular formula is C55H92N8O17. The Kier molecular flexibility index (Phi) is 42.6. The lowest BCUT2D eigenvalue weighted by atomic mass is 10.0. The molecule has 0 aliphatic heterocycles. The first-order chi connectivity index (χ1) is 38.5. The predicted octanol–water partition coefficient (Wildman–Crippen LogP) is 2.14. The van der Waals surface area contributed by atoms with Crippen LogP contribution in [0, 0.1) is 0 Å². The zero-order valence-electron chi connectivity index (χ0n) is 46.7. The van der Waals surface area contributed by atoms with Crippen molar-refractivity contribution in [1.29, 1.82) is 0 Å². The van der Waals surface area contributed by atoms with Gasteiger partial charge in [0.2, 0.25) is 41.4 Å². The number of aliphatic carboxylic acids is 3. The fourth-order valence-corrected chi connectivity index (χ4v) is 7.98. The van der Waals surface area contributed by atoms with Gasteiger partial charge in [0.05, 0.1) is 45.7 Å². The standard InChI is InChI=1S/C55H92N8O17/c56-42(53(73)62-43(26-28-51(70)71)54(74)63-45(52(57)72)38-41-20-14-13-15-21-41)22-18-19-29-58-48(66)39-79-36-35-78-33-31-60-49(67)40-80-37-34-77-32-30-59-46(64)27-25-44(55(75)76)61-47(65)23-16-11-9-7-5-3-1-2-4-6-8-10-12-17-24-50(68)69/h13-15,20-21,42-45H,1-12,16-19,22-40,56H2,(H2,57,72)(H,58,66)(H,59,64)(H,60,67)(H,61,65)(H,62,73)(H,63,74)(H,68,69)(H,70,71)(H,75,76)/t42-,43?,44-,45-/m0/s1. The molecular weight excluding hydrogens is 1040 g/mol. The number of nitrogens with two attached hydrogens (primary N) is 2. The van der Waals surface area contributed by atoms with Gasteiger partial charge in [0.1, 0.15) is 31.3 Å². The van der Waals surface area contributed by atoms with Gasteiger partial charge >= 0.3 is 17.9 Å². The lowest BCUT2D eigenvalue weighted by Gasteiger charge is -2.23. The van der Waals surface area contributed by atoms with E-state index in [0.29, 0.717) is 19.3 Å². The minimum Gasteiger partial charge on any atom is -0.481 e. The lowest BCUT2D eigenvalue weighted by Crippen LogP contribution is -2.55. The van der Waals surface area contributed by atoms with Gasteiger partial charge in [0, 0.05) is 51.7 Å². The van der Waals surface area contributed by atoms with Crippen LogP contribution in [0.4, 0.5) is 0 Å². The molecule has 0 bridgehead atoms. The molecule has 4 atom stereocenters. The quantitative estimate of drug-likeness (QED) is 0.0416. The second kappa shape index (κ2) is 47.5. The highest BCUT2D eigenvalue weighted by Crippen LogP contribution is 2.14. The summed E-state index contributed by atoms with van der Waals surface area (Å²) in [6.45, 7) is 1.18. The Hall–Kier alpha value is -6.28. The normalized spacial score (nSPS) is 12.5. The van der Waals surface area contributed by atoms with Crippen LogP contribution in [0.3, 0.4) is 0 Å². The predicted molar refractivity (Wildman–Crippen MR) is 295 cm³/mol. The first-order valence-corrected chi connectivity index (χ1v) is 28.2. The number of carbonyl (C=O) groups excluding carboxylic acids is 7. The van der Waals surface area contributed by atoms with Gasteiger partial charge < -0.3 is 77.6 Å². The van der Waals surface area contributed by atoms with Crippen molar-refractivity contribution in [2.45, 2.75) is 178 Å². The summed E-state index contributed by atoms with van der Waals surface area (Å²) in [5, 5.41) is 42.9. The van der Waals surface area contributed by atoms with E-state index in [2.05, 4.69) is 31.9 Å². The maximum atomic E-state index is 13.1. The minimum atomic E-state index is -1.28. The third kappa shape index (κ3) is 41.7. The maximum absolute atomic E-state index is 13.1. The third-order valence-electron chi connectivity index (χ3n) is 12.5. The molecule has 25 nitrogen and oxygen atoms in total. The largest absolute Gasteiger partial charge is 0.481 e. The van der Waals surface area contributed by atoms with Crippen molar-refractivity contribution in [1.82, 2.24) is 31.9 Å². The summed E-state index contributed by atoms with van der Waals surface area (Å²) in [7, 11) is 0. The van der Waals surface area contributed by atoms with Crippen LogP contribution in [0.25, 0.3) is 0 Å². The summed E-state index contributed by atoms with van der Waals surface area (Å²) in [4.78, 5) is 120. The summed E-state index contributed by atoms with van der Waals surface area (Å²) < 4.78 is 21.4. The van der Waals surface area contributed by atoms with Crippen molar-refractivity contribution >= 4 is 59.3 Å². The second-order valence-electron chi connectivity index (χ2n) is 19.5. The summed E-state index contributed by atoms with van der Waals surface area (Å²) in [6.07, 6.45) is 15.7. The Labute approximate surface area is 470 Å². The second-order valence-corrected chi connectivity index (χ2v) is 19.5. The van der Waals surface area contributed by atoms with Gasteiger partial charge in [-0.25, -0.2) is 4.79 Å². The summed E-state index contributed by atoms with van der Waals surface area (Å²) in [5.74, 6) is -6.83. The Morgan fingerprint density at radius 2 is 0.887 bits per heavy atom. The van der Waals surface area contributed by atoms with Crippen LogP contribution in [-0.4, -0.2) is 171 Å². The van der Waals surface area contributed by atoms with Crippen molar-refractivity contribution in [3.63, 3.8) is 0 Å². The molecule has 0 radical (unpaired) electrons. The van der Waals surface area contributed by atoms with Crippen molar-refractivity contribution in [2.75, 3.05) is 72.5 Å². The van der Waals surface area contributed by atoms with Gasteiger partial charge in [-0.1, -0.05) is 107 Å². The summed E-state index contributed by atoms with van der Waals surface area (Å²) in [5.41, 5.74) is 12.3. The van der Waals surface area contributed by atoms with Crippen molar-refractivity contribution < 1.29 is 82.2 Å². The smallest absolute Gasteiger partial charge is 0.326 e. The van der Waals surface area contributed by atoms with Gasteiger partial charge in [-0.15, -0.1) is 0 Å². The Bertz CT molecular complexity index is 1950. The average molecular weight is 1140 g/mol. The van der Waals surface area contributed by atoms with Crippen molar-refractivity contribution in [3.8, 4) is 0 Å². The number of primary amides is 1. The zero-order valence-corrected chi connectivity index (χ0v) is 46.7. The number of ether oxygens (including phenoxy) is 4. The lowest BCUT2D eigenvalue weighted by molar-refractivity contribution is -0.142. The van der Waals surface area contributed by atoms with E-state index in [4.69, 9.17) is 35.5 Å². The van der Waals surface area contributed by atoms with Crippen molar-refractivity contribution in [2.24, 2.45) is 11.5 Å². The molecule has 1 rings (SSSR count). The molecule has 0 saturated carbocycles. The average Bonchev–Trinajstić information content (AvgIpc) is 3.42. The highest BCUT2D eigenvalue weighted by Gasteiger charge is 2.28. The third-order valence-corrected chi connectivity index (χ3v) is 12.5. The highest BCUT2D eigenvalue weighted by atomic mass is 16.5. The molecule has 7 amide bonds. The molecule has 454 valence electrons. The molecule has 25 heteroatoms. The zero-order chi connectivity index (χ0) is 59.0. The number of carboxylic acid groups (broad SMARTS) is 3. The van der Waals surface area contributed by atoms with E-state index in [1.807, 2.05) is 0 Å². The topological polar surface area (TPSA) is 393 Å². The van der Waals surface area contributed by atoms with E-state index in [1.165, 1.54) is 32.1 Å².